The molecule has 1 amide bonds. The first kappa shape index (κ1) is 19.2. The Bertz CT molecular complexity index is 1060. The van der Waals surface area contributed by atoms with Crippen LogP contribution in [0.15, 0.2) is 57.7 Å². The van der Waals surface area contributed by atoms with Gasteiger partial charge in [-0.25, -0.2) is 9.18 Å². The topological polar surface area (TPSA) is 80.6 Å². The number of hydrogen-bond acceptors (Lipinski definition) is 5. The minimum atomic E-state index is -4.72. The van der Waals surface area contributed by atoms with Gasteiger partial charge in [0.05, 0.1) is 11.3 Å². The lowest BCUT2D eigenvalue weighted by Gasteiger charge is -2.11. The number of fused-ring (bicyclic) bond motifs is 1. The molecular formula is C18H12F4N2O4. The molecule has 1 aromatic heterocycles. The van der Waals surface area contributed by atoms with E-state index >= 15 is 0 Å². The second kappa shape index (κ2) is 7.59. The third kappa shape index (κ3) is 4.58. The molecule has 0 bridgehead atoms. The highest BCUT2D eigenvalue weighted by atomic mass is 19.4. The predicted octanol–water partition coefficient (Wildman–Crippen LogP) is 3.47. The van der Waals surface area contributed by atoms with Crippen LogP contribution in [0.25, 0.3) is 11.0 Å². The molecule has 0 spiro atoms. The monoisotopic (exact) mass is 396 g/mol. The van der Waals surface area contributed by atoms with E-state index in [2.05, 4.69) is 10.9 Å². The molecular weight excluding hydrogens is 384 g/mol. The summed E-state index contributed by atoms with van der Waals surface area (Å²) in [6, 6.07) is 8.97. The Morgan fingerprint density at radius 3 is 2.46 bits per heavy atom. The Balaban J connectivity index is 1.66. The number of carbonyl (C=O) groups excluding carboxylic acids is 1. The second-order valence-electron chi connectivity index (χ2n) is 5.60. The molecule has 3 rings (SSSR count). The number of hydrogen-bond donors (Lipinski definition) is 2. The lowest BCUT2D eigenvalue weighted by molar-refractivity contribution is -0.136. The maximum atomic E-state index is 13.0. The number of halogens is 4. The van der Waals surface area contributed by atoms with Crippen molar-refractivity contribution in [3.63, 3.8) is 0 Å². The van der Waals surface area contributed by atoms with E-state index in [1.165, 1.54) is 30.3 Å². The highest BCUT2D eigenvalue weighted by Gasteiger charge is 2.33. The van der Waals surface area contributed by atoms with Gasteiger partial charge in [0.15, 0.2) is 6.61 Å². The van der Waals surface area contributed by atoms with E-state index in [0.29, 0.717) is 11.8 Å². The Kier molecular flexibility index (Phi) is 5.21. The van der Waals surface area contributed by atoms with Crippen LogP contribution in [-0.4, -0.2) is 12.5 Å². The van der Waals surface area contributed by atoms with Crippen LogP contribution in [0.1, 0.15) is 5.56 Å². The highest BCUT2D eigenvalue weighted by molar-refractivity contribution is 5.82. The fourth-order valence-electron chi connectivity index (χ4n) is 2.33. The average Bonchev–Trinajstić information content (AvgIpc) is 2.64. The van der Waals surface area contributed by atoms with Crippen molar-refractivity contribution in [1.82, 2.24) is 5.43 Å². The number of alkyl halides is 3. The van der Waals surface area contributed by atoms with Gasteiger partial charge in [-0.2, -0.15) is 13.2 Å². The summed E-state index contributed by atoms with van der Waals surface area (Å²) >= 11 is 0. The molecule has 1 heterocycles. The van der Waals surface area contributed by atoms with E-state index in [1.54, 1.807) is 0 Å². The Hall–Kier alpha value is -3.56. The molecule has 3 aromatic rings. The Labute approximate surface area is 154 Å². The maximum Gasteiger partial charge on any atom is 0.417 e. The van der Waals surface area contributed by atoms with Crippen LogP contribution in [0.2, 0.25) is 0 Å². The van der Waals surface area contributed by atoms with Gasteiger partial charge in [0, 0.05) is 17.5 Å². The van der Waals surface area contributed by atoms with Gasteiger partial charge >= 0.3 is 11.8 Å². The fourth-order valence-corrected chi connectivity index (χ4v) is 2.33. The van der Waals surface area contributed by atoms with Crippen molar-refractivity contribution in [3.05, 3.63) is 70.3 Å². The van der Waals surface area contributed by atoms with Crippen molar-refractivity contribution in [3.8, 4) is 5.75 Å². The van der Waals surface area contributed by atoms with E-state index in [-0.39, 0.29) is 16.7 Å². The number of ether oxygens (including phenoxy) is 1. The second-order valence-corrected chi connectivity index (χ2v) is 5.60. The number of carbonyl (C=O) groups is 1. The number of benzene rings is 2. The third-order valence-corrected chi connectivity index (χ3v) is 3.58. The summed E-state index contributed by atoms with van der Waals surface area (Å²) in [7, 11) is 0. The SMILES string of the molecule is O=C(COc1ccc2c(C(F)(F)F)cc(=O)oc2c1)NNc1ccc(F)cc1. The molecule has 6 nitrogen and oxygen atoms in total. The number of rotatable bonds is 5. The quantitative estimate of drug-likeness (QED) is 0.392. The predicted molar refractivity (Wildman–Crippen MR) is 91.1 cm³/mol. The van der Waals surface area contributed by atoms with Crippen LogP contribution < -0.4 is 21.2 Å². The molecule has 0 unspecified atom stereocenters. The number of hydrazine groups is 1. The first-order chi connectivity index (χ1) is 13.2. The van der Waals surface area contributed by atoms with E-state index in [4.69, 9.17) is 9.15 Å². The van der Waals surface area contributed by atoms with Gasteiger partial charge in [-0.05, 0) is 36.4 Å². The summed E-state index contributed by atoms with van der Waals surface area (Å²) < 4.78 is 61.8. The van der Waals surface area contributed by atoms with Crippen LogP contribution in [0.4, 0.5) is 23.2 Å². The molecule has 2 N–H and O–H groups in total. The van der Waals surface area contributed by atoms with Gasteiger partial charge in [-0.3, -0.25) is 15.6 Å². The van der Waals surface area contributed by atoms with Gasteiger partial charge in [0.25, 0.3) is 5.91 Å². The number of amides is 1. The molecule has 0 fully saturated rings. The zero-order chi connectivity index (χ0) is 20.3. The van der Waals surface area contributed by atoms with Crippen molar-refractivity contribution in [2.45, 2.75) is 6.18 Å². The first-order valence-electron chi connectivity index (χ1n) is 7.81. The standard InChI is InChI=1S/C18H12F4N2O4/c19-10-1-3-11(4-2-10)23-24-16(25)9-27-12-5-6-13-14(18(20,21)22)8-17(26)28-15(13)7-12/h1-8,23H,9H2,(H,24,25). The smallest absolute Gasteiger partial charge is 0.417 e. The van der Waals surface area contributed by atoms with Gasteiger partial charge in [-0.1, -0.05) is 0 Å². The number of anilines is 1. The molecule has 146 valence electrons. The first-order valence-corrected chi connectivity index (χ1v) is 7.81. The summed E-state index contributed by atoms with van der Waals surface area (Å²) in [5.41, 5.74) is 2.68. The summed E-state index contributed by atoms with van der Waals surface area (Å²) in [6.45, 7) is -0.469. The molecule has 0 aliphatic heterocycles. The van der Waals surface area contributed by atoms with Crippen molar-refractivity contribution >= 4 is 22.6 Å². The summed E-state index contributed by atoms with van der Waals surface area (Å²) in [4.78, 5) is 23.1. The minimum absolute atomic E-state index is 0.0342. The van der Waals surface area contributed by atoms with Gasteiger partial charge in [-0.15, -0.1) is 0 Å². The fraction of sp³-hybridized carbons (Fsp3) is 0.111. The largest absolute Gasteiger partial charge is 0.484 e. The van der Waals surface area contributed by atoms with E-state index in [1.807, 2.05) is 0 Å². The molecule has 0 aliphatic rings. The zero-order valence-corrected chi connectivity index (χ0v) is 14.0. The van der Waals surface area contributed by atoms with E-state index in [9.17, 15) is 27.2 Å². The molecule has 0 radical (unpaired) electrons. The van der Waals surface area contributed by atoms with Crippen molar-refractivity contribution in [1.29, 1.82) is 0 Å². The summed E-state index contributed by atoms with van der Waals surface area (Å²) in [6.07, 6.45) is -4.72. The molecule has 10 heteroatoms. The highest BCUT2D eigenvalue weighted by Crippen LogP contribution is 2.34. The summed E-state index contributed by atoms with van der Waals surface area (Å²) in [5, 5.41) is -0.304. The van der Waals surface area contributed by atoms with E-state index in [0.717, 1.165) is 12.1 Å². The van der Waals surface area contributed by atoms with Gasteiger partial charge in [0.1, 0.15) is 17.1 Å². The molecule has 2 aromatic carbocycles. The summed E-state index contributed by atoms with van der Waals surface area (Å²) in [5.74, 6) is -1.00. The third-order valence-electron chi connectivity index (χ3n) is 3.58. The molecule has 0 atom stereocenters. The van der Waals surface area contributed by atoms with Gasteiger partial charge < -0.3 is 9.15 Å². The van der Waals surface area contributed by atoms with Crippen molar-refractivity contribution in [2.24, 2.45) is 0 Å². The van der Waals surface area contributed by atoms with Gasteiger partial charge in [0.2, 0.25) is 0 Å². The molecule has 28 heavy (non-hydrogen) atoms. The average molecular weight is 396 g/mol. The van der Waals surface area contributed by atoms with Crippen LogP contribution in [0.5, 0.6) is 5.75 Å². The normalized spacial score (nSPS) is 11.3. The number of nitrogens with one attached hydrogen (secondary N) is 2. The molecule has 0 aliphatic carbocycles. The minimum Gasteiger partial charge on any atom is -0.484 e. The Morgan fingerprint density at radius 2 is 1.79 bits per heavy atom. The van der Waals surface area contributed by atoms with Crippen LogP contribution >= 0.6 is 0 Å². The van der Waals surface area contributed by atoms with Crippen LogP contribution in [-0.2, 0) is 11.0 Å². The molecule has 0 saturated heterocycles. The van der Waals surface area contributed by atoms with Crippen LogP contribution in [0, 0.1) is 5.82 Å². The van der Waals surface area contributed by atoms with E-state index < -0.39 is 35.7 Å². The van der Waals surface area contributed by atoms with Crippen molar-refractivity contribution in [2.75, 3.05) is 12.0 Å². The zero-order valence-electron chi connectivity index (χ0n) is 14.0. The maximum absolute atomic E-state index is 13.0. The van der Waals surface area contributed by atoms with Crippen LogP contribution in [0.3, 0.4) is 0 Å². The Morgan fingerprint density at radius 1 is 1.07 bits per heavy atom. The van der Waals surface area contributed by atoms with Crippen molar-refractivity contribution < 1.29 is 31.5 Å². The lowest BCUT2D eigenvalue weighted by Crippen LogP contribution is -2.33. The lowest BCUT2D eigenvalue weighted by atomic mass is 10.1. The molecule has 0 saturated carbocycles.